The van der Waals surface area contributed by atoms with E-state index in [1.807, 2.05) is 47.4 Å². The summed E-state index contributed by atoms with van der Waals surface area (Å²) in [6.07, 6.45) is 0.244. The van der Waals surface area contributed by atoms with Gasteiger partial charge in [0.25, 0.3) is 0 Å². The van der Waals surface area contributed by atoms with Gasteiger partial charge in [0, 0.05) is 26.3 Å². The zero-order valence-corrected chi connectivity index (χ0v) is 18.7. The Labute approximate surface area is 190 Å². The van der Waals surface area contributed by atoms with Crippen LogP contribution in [0.15, 0.2) is 72.0 Å². The van der Waals surface area contributed by atoms with Gasteiger partial charge in [-0.2, -0.15) is 18.3 Å². The third-order valence-electron chi connectivity index (χ3n) is 4.33. The summed E-state index contributed by atoms with van der Waals surface area (Å²) >= 11 is 0. The second-order valence-electron chi connectivity index (χ2n) is 6.43. The minimum absolute atomic E-state index is 0. The number of halogens is 4. The van der Waals surface area contributed by atoms with Crippen molar-refractivity contribution in [3.8, 4) is 5.69 Å². The van der Waals surface area contributed by atoms with Crippen LogP contribution < -0.4 is 10.6 Å². The number of rotatable bonds is 6. The Morgan fingerprint density at radius 3 is 2.33 bits per heavy atom. The molecule has 3 aromatic rings. The van der Waals surface area contributed by atoms with Crippen LogP contribution >= 0.6 is 24.0 Å². The van der Waals surface area contributed by atoms with Gasteiger partial charge in [-0.15, -0.1) is 24.0 Å². The molecular formula is C21H23F3IN5. The highest BCUT2D eigenvalue weighted by molar-refractivity contribution is 14.0. The molecule has 0 saturated carbocycles. The van der Waals surface area contributed by atoms with Crippen LogP contribution in [0.25, 0.3) is 5.69 Å². The zero-order chi connectivity index (χ0) is 20.7. The summed E-state index contributed by atoms with van der Waals surface area (Å²) < 4.78 is 39.7. The molecule has 0 saturated heterocycles. The molecule has 0 bridgehead atoms. The summed E-state index contributed by atoms with van der Waals surface area (Å²) in [6, 6.07) is 14.9. The van der Waals surface area contributed by atoms with Crippen LogP contribution in [0.4, 0.5) is 13.2 Å². The minimum Gasteiger partial charge on any atom is -0.356 e. The standard InChI is InChI=1S/C21H22F3N5.HI/c1-25-20(27-13-16-7-9-18(10-8-16)21(22,23)24)26-12-11-17-14-28-29(15-17)19-5-3-2-4-6-19;/h2-10,14-15H,11-13H2,1H3,(H2,25,26,27);1H. The highest BCUT2D eigenvalue weighted by Crippen LogP contribution is 2.29. The maximum Gasteiger partial charge on any atom is 0.416 e. The van der Waals surface area contributed by atoms with Crippen molar-refractivity contribution < 1.29 is 13.2 Å². The predicted molar refractivity (Wildman–Crippen MR) is 122 cm³/mol. The first-order valence-electron chi connectivity index (χ1n) is 9.15. The number of guanidine groups is 1. The van der Waals surface area contributed by atoms with Gasteiger partial charge in [0.05, 0.1) is 17.4 Å². The van der Waals surface area contributed by atoms with E-state index >= 15 is 0 Å². The molecule has 5 nitrogen and oxygen atoms in total. The third-order valence-corrected chi connectivity index (χ3v) is 4.33. The summed E-state index contributed by atoms with van der Waals surface area (Å²) in [4.78, 5) is 4.14. The molecular weight excluding hydrogens is 506 g/mol. The molecule has 0 spiro atoms. The van der Waals surface area contributed by atoms with Gasteiger partial charge < -0.3 is 10.6 Å². The Kier molecular flexibility index (Phi) is 8.70. The fraction of sp³-hybridized carbons (Fsp3) is 0.238. The SMILES string of the molecule is CN=C(NCCc1cnn(-c2ccccc2)c1)NCc1ccc(C(F)(F)F)cc1.I. The van der Waals surface area contributed by atoms with Crippen molar-refractivity contribution in [3.63, 3.8) is 0 Å². The van der Waals surface area contributed by atoms with Crippen molar-refractivity contribution in [2.45, 2.75) is 19.1 Å². The molecule has 0 fully saturated rings. The molecule has 0 radical (unpaired) electrons. The Morgan fingerprint density at radius 2 is 1.70 bits per heavy atom. The summed E-state index contributed by atoms with van der Waals surface area (Å²) in [7, 11) is 1.65. The number of hydrogen-bond donors (Lipinski definition) is 2. The largest absolute Gasteiger partial charge is 0.416 e. The third kappa shape index (κ3) is 6.75. The number of hydrogen-bond acceptors (Lipinski definition) is 2. The molecule has 0 aliphatic rings. The number of benzene rings is 2. The second kappa shape index (κ2) is 11.0. The van der Waals surface area contributed by atoms with E-state index < -0.39 is 11.7 Å². The van der Waals surface area contributed by atoms with Crippen LogP contribution in [0.3, 0.4) is 0 Å². The Morgan fingerprint density at radius 1 is 1.00 bits per heavy atom. The van der Waals surface area contributed by atoms with Crippen molar-refractivity contribution in [1.82, 2.24) is 20.4 Å². The van der Waals surface area contributed by atoms with Crippen LogP contribution in [0.5, 0.6) is 0 Å². The van der Waals surface area contributed by atoms with Gasteiger partial charge in [0.15, 0.2) is 5.96 Å². The molecule has 160 valence electrons. The molecule has 3 rings (SSSR count). The van der Waals surface area contributed by atoms with Gasteiger partial charge in [-0.25, -0.2) is 4.68 Å². The number of aromatic nitrogens is 2. The minimum atomic E-state index is -4.32. The monoisotopic (exact) mass is 529 g/mol. The molecule has 2 aromatic carbocycles. The Balaban J connectivity index is 0.00000320. The number of aliphatic imine (C=N–C) groups is 1. The van der Waals surface area contributed by atoms with E-state index in [-0.39, 0.29) is 24.0 Å². The lowest BCUT2D eigenvalue weighted by Gasteiger charge is -2.12. The van der Waals surface area contributed by atoms with Crippen molar-refractivity contribution in [3.05, 3.63) is 83.7 Å². The predicted octanol–water partition coefficient (Wildman–Crippen LogP) is 4.42. The average Bonchev–Trinajstić information content (AvgIpc) is 3.20. The number of nitrogens with one attached hydrogen (secondary N) is 2. The number of alkyl halides is 3. The van der Waals surface area contributed by atoms with E-state index in [1.54, 1.807) is 7.05 Å². The summed E-state index contributed by atoms with van der Waals surface area (Å²) in [5.74, 6) is 0.584. The molecule has 2 N–H and O–H groups in total. The maximum absolute atomic E-state index is 12.6. The van der Waals surface area contributed by atoms with E-state index in [1.165, 1.54) is 12.1 Å². The van der Waals surface area contributed by atoms with Gasteiger partial charge in [-0.3, -0.25) is 4.99 Å². The van der Waals surface area contributed by atoms with Gasteiger partial charge in [-0.05, 0) is 41.8 Å². The average molecular weight is 529 g/mol. The lowest BCUT2D eigenvalue weighted by Crippen LogP contribution is -2.37. The lowest BCUT2D eigenvalue weighted by molar-refractivity contribution is -0.137. The lowest BCUT2D eigenvalue weighted by atomic mass is 10.1. The molecule has 9 heteroatoms. The van der Waals surface area contributed by atoms with Gasteiger partial charge in [-0.1, -0.05) is 30.3 Å². The van der Waals surface area contributed by atoms with Crippen molar-refractivity contribution in [1.29, 1.82) is 0 Å². The van der Waals surface area contributed by atoms with Crippen molar-refractivity contribution in [2.75, 3.05) is 13.6 Å². The van der Waals surface area contributed by atoms with Crippen molar-refractivity contribution in [2.24, 2.45) is 4.99 Å². The van der Waals surface area contributed by atoms with E-state index in [4.69, 9.17) is 0 Å². The van der Waals surface area contributed by atoms with Crippen LogP contribution in [0.1, 0.15) is 16.7 Å². The van der Waals surface area contributed by atoms with Crippen LogP contribution in [0.2, 0.25) is 0 Å². The van der Waals surface area contributed by atoms with E-state index in [9.17, 15) is 13.2 Å². The number of nitrogens with zero attached hydrogens (tertiary/aromatic N) is 3. The van der Waals surface area contributed by atoms with Gasteiger partial charge in [0.2, 0.25) is 0 Å². The Hall–Kier alpha value is -2.56. The fourth-order valence-electron chi connectivity index (χ4n) is 2.75. The zero-order valence-electron chi connectivity index (χ0n) is 16.4. The second-order valence-corrected chi connectivity index (χ2v) is 6.43. The number of para-hydroxylation sites is 1. The maximum atomic E-state index is 12.6. The first-order valence-corrected chi connectivity index (χ1v) is 9.15. The van der Waals surface area contributed by atoms with E-state index in [0.717, 1.165) is 35.4 Å². The molecule has 1 heterocycles. The Bertz CT molecular complexity index is 937. The summed E-state index contributed by atoms with van der Waals surface area (Å²) in [5, 5.41) is 10.7. The first kappa shape index (κ1) is 23.7. The fourth-order valence-corrected chi connectivity index (χ4v) is 2.75. The highest BCUT2D eigenvalue weighted by Gasteiger charge is 2.29. The van der Waals surface area contributed by atoms with Crippen LogP contribution in [-0.2, 0) is 19.1 Å². The van der Waals surface area contributed by atoms with Gasteiger partial charge >= 0.3 is 6.18 Å². The molecule has 1 aromatic heterocycles. The van der Waals surface area contributed by atoms with E-state index in [2.05, 4.69) is 20.7 Å². The summed E-state index contributed by atoms with van der Waals surface area (Å²) in [6.45, 7) is 1.02. The molecule has 0 aliphatic carbocycles. The summed E-state index contributed by atoms with van der Waals surface area (Å²) in [5.41, 5.74) is 2.17. The van der Waals surface area contributed by atoms with E-state index in [0.29, 0.717) is 19.0 Å². The van der Waals surface area contributed by atoms with Crippen LogP contribution in [-0.4, -0.2) is 29.3 Å². The highest BCUT2D eigenvalue weighted by atomic mass is 127. The first-order chi connectivity index (χ1) is 14.0. The van der Waals surface area contributed by atoms with Gasteiger partial charge in [0.1, 0.15) is 0 Å². The normalized spacial score (nSPS) is 11.7. The van der Waals surface area contributed by atoms with Crippen LogP contribution in [0, 0.1) is 0 Å². The smallest absolute Gasteiger partial charge is 0.356 e. The quantitative estimate of drug-likeness (QED) is 0.283. The topological polar surface area (TPSA) is 54.2 Å². The molecule has 0 amide bonds. The molecule has 0 atom stereocenters. The molecule has 30 heavy (non-hydrogen) atoms. The molecule has 0 aliphatic heterocycles. The molecule has 0 unspecified atom stereocenters. The van der Waals surface area contributed by atoms with Crippen molar-refractivity contribution >= 4 is 29.9 Å².